The summed E-state index contributed by atoms with van der Waals surface area (Å²) >= 11 is 0. The third-order valence-corrected chi connectivity index (χ3v) is 7.59. The standard InChI is InChI=1S/C38H26O/c39-32-24-22-29(23-25-32)28-16-20-31(21-17-28)38-35-12-6-4-10-33(35)37(34-11-5-7-13-36(34)38)30-18-14-27(15-19-30)26-8-2-1-3-9-26/h1-25,39H. The van der Waals surface area contributed by atoms with Crippen LogP contribution in [0.2, 0.25) is 0 Å². The fourth-order valence-corrected chi connectivity index (χ4v) is 5.69. The van der Waals surface area contributed by atoms with E-state index in [1.54, 1.807) is 12.1 Å². The molecule has 0 fully saturated rings. The summed E-state index contributed by atoms with van der Waals surface area (Å²) in [7, 11) is 0. The van der Waals surface area contributed by atoms with Crippen LogP contribution in [-0.4, -0.2) is 5.11 Å². The van der Waals surface area contributed by atoms with Crippen molar-refractivity contribution in [1.29, 1.82) is 0 Å². The van der Waals surface area contributed by atoms with Crippen molar-refractivity contribution in [3.8, 4) is 50.3 Å². The van der Waals surface area contributed by atoms with Gasteiger partial charge in [-0.05, 0) is 78.2 Å². The number of rotatable bonds is 4. The lowest BCUT2D eigenvalue weighted by atomic mass is 9.85. The van der Waals surface area contributed by atoms with Crippen molar-refractivity contribution >= 4 is 21.5 Å². The maximum atomic E-state index is 9.67. The summed E-state index contributed by atoms with van der Waals surface area (Å²) in [4.78, 5) is 0. The third-order valence-electron chi connectivity index (χ3n) is 7.59. The minimum atomic E-state index is 0.281. The molecule has 0 aliphatic carbocycles. The number of hydrogen-bond acceptors (Lipinski definition) is 1. The topological polar surface area (TPSA) is 20.2 Å². The highest BCUT2D eigenvalue weighted by molar-refractivity contribution is 6.21. The Morgan fingerprint density at radius 2 is 0.538 bits per heavy atom. The van der Waals surface area contributed by atoms with Gasteiger partial charge in [0, 0.05) is 0 Å². The molecule has 1 nitrogen and oxygen atoms in total. The van der Waals surface area contributed by atoms with E-state index in [0.29, 0.717) is 0 Å². The normalized spacial score (nSPS) is 11.2. The maximum absolute atomic E-state index is 9.67. The first-order valence-corrected chi connectivity index (χ1v) is 13.3. The number of phenolic OH excluding ortho intramolecular Hbond substituents is 1. The SMILES string of the molecule is Oc1ccc(-c2ccc(-c3c4ccccc4c(-c4ccc(-c5ccccc5)cc4)c4ccccc34)cc2)cc1. The van der Waals surface area contributed by atoms with E-state index in [0.717, 1.165) is 11.1 Å². The lowest BCUT2D eigenvalue weighted by Gasteiger charge is -2.18. The van der Waals surface area contributed by atoms with Crippen LogP contribution in [0.3, 0.4) is 0 Å². The summed E-state index contributed by atoms with van der Waals surface area (Å²) in [6.45, 7) is 0. The largest absolute Gasteiger partial charge is 0.508 e. The van der Waals surface area contributed by atoms with Crippen molar-refractivity contribution in [3.63, 3.8) is 0 Å². The summed E-state index contributed by atoms with van der Waals surface area (Å²) in [5, 5.41) is 14.7. The van der Waals surface area contributed by atoms with Crippen molar-refractivity contribution in [2.24, 2.45) is 0 Å². The van der Waals surface area contributed by atoms with Crippen molar-refractivity contribution in [2.45, 2.75) is 0 Å². The van der Waals surface area contributed by atoms with Crippen LogP contribution >= 0.6 is 0 Å². The average molecular weight is 499 g/mol. The zero-order valence-electron chi connectivity index (χ0n) is 21.4. The van der Waals surface area contributed by atoms with Gasteiger partial charge in [0.25, 0.3) is 0 Å². The van der Waals surface area contributed by atoms with Crippen LogP contribution in [0.1, 0.15) is 0 Å². The Labute approximate surface area is 228 Å². The summed E-state index contributed by atoms with van der Waals surface area (Å²) in [5.41, 5.74) is 9.59. The molecule has 184 valence electrons. The predicted molar refractivity (Wildman–Crippen MR) is 165 cm³/mol. The first-order chi connectivity index (χ1) is 19.3. The molecule has 0 bridgehead atoms. The molecule has 0 spiro atoms. The molecule has 0 aliphatic rings. The second kappa shape index (κ2) is 9.63. The van der Waals surface area contributed by atoms with Gasteiger partial charge in [-0.25, -0.2) is 0 Å². The molecule has 0 heterocycles. The van der Waals surface area contributed by atoms with E-state index in [9.17, 15) is 5.11 Å². The zero-order chi connectivity index (χ0) is 26.2. The Morgan fingerprint density at radius 1 is 0.256 bits per heavy atom. The van der Waals surface area contributed by atoms with Crippen LogP contribution in [0.4, 0.5) is 0 Å². The van der Waals surface area contributed by atoms with Crippen molar-refractivity contribution < 1.29 is 5.11 Å². The van der Waals surface area contributed by atoms with E-state index in [-0.39, 0.29) is 5.75 Å². The fraction of sp³-hybridized carbons (Fsp3) is 0. The molecule has 7 aromatic rings. The minimum Gasteiger partial charge on any atom is -0.508 e. The van der Waals surface area contributed by atoms with Crippen LogP contribution in [0, 0.1) is 0 Å². The Kier molecular flexibility index (Phi) is 5.68. The third kappa shape index (κ3) is 4.15. The summed E-state index contributed by atoms with van der Waals surface area (Å²) in [5.74, 6) is 0.281. The van der Waals surface area contributed by atoms with Gasteiger partial charge in [0.15, 0.2) is 0 Å². The first-order valence-electron chi connectivity index (χ1n) is 13.3. The van der Waals surface area contributed by atoms with E-state index >= 15 is 0 Å². The van der Waals surface area contributed by atoms with Gasteiger partial charge in [-0.3, -0.25) is 0 Å². The summed E-state index contributed by atoms with van der Waals surface area (Å²) in [6.07, 6.45) is 0. The van der Waals surface area contributed by atoms with Crippen molar-refractivity contribution in [2.75, 3.05) is 0 Å². The Balaban J connectivity index is 1.41. The van der Waals surface area contributed by atoms with Gasteiger partial charge in [-0.2, -0.15) is 0 Å². The highest BCUT2D eigenvalue weighted by atomic mass is 16.3. The summed E-state index contributed by atoms with van der Waals surface area (Å²) in [6, 6.07) is 53.1. The monoisotopic (exact) mass is 498 g/mol. The van der Waals surface area contributed by atoms with Gasteiger partial charge in [0.2, 0.25) is 0 Å². The van der Waals surface area contributed by atoms with Crippen LogP contribution in [-0.2, 0) is 0 Å². The molecule has 0 aliphatic heterocycles. The van der Waals surface area contributed by atoms with Gasteiger partial charge < -0.3 is 5.11 Å². The number of benzene rings is 7. The van der Waals surface area contributed by atoms with Crippen molar-refractivity contribution in [3.05, 3.63) is 152 Å². The number of hydrogen-bond donors (Lipinski definition) is 1. The number of phenols is 1. The number of aromatic hydroxyl groups is 1. The Bertz CT molecular complexity index is 1860. The van der Waals surface area contributed by atoms with E-state index in [4.69, 9.17) is 0 Å². The van der Waals surface area contributed by atoms with E-state index in [1.807, 2.05) is 12.1 Å². The number of fused-ring (bicyclic) bond motifs is 2. The second-order valence-electron chi connectivity index (χ2n) is 9.91. The molecule has 39 heavy (non-hydrogen) atoms. The quantitative estimate of drug-likeness (QED) is 0.239. The molecule has 7 rings (SSSR count). The molecule has 0 aromatic heterocycles. The lowest BCUT2D eigenvalue weighted by Crippen LogP contribution is -1.91. The molecule has 0 amide bonds. The molecule has 0 radical (unpaired) electrons. The van der Waals surface area contributed by atoms with Gasteiger partial charge >= 0.3 is 0 Å². The molecular formula is C38H26O. The smallest absolute Gasteiger partial charge is 0.115 e. The van der Waals surface area contributed by atoms with Crippen molar-refractivity contribution in [1.82, 2.24) is 0 Å². The molecular weight excluding hydrogens is 472 g/mol. The molecule has 1 N–H and O–H groups in total. The molecule has 0 unspecified atom stereocenters. The van der Waals surface area contributed by atoms with Gasteiger partial charge in [0.05, 0.1) is 0 Å². The minimum absolute atomic E-state index is 0.281. The predicted octanol–water partition coefficient (Wildman–Crippen LogP) is 10.4. The Hall–Kier alpha value is -5.14. The van der Waals surface area contributed by atoms with Crippen LogP contribution in [0.25, 0.3) is 66.1 Å². The molecule has 1 heteroatoms. The van der Waals surface area contributed by atoms with E-state index in [1.165, 1.54) is 54.9 Å². The molecule has 0 saturated heterocycles. The van der Waals surface area contributed by atoms with Gasteiger partial charge in [-0.1, -0.05) is 140 Å². The zero-order valence-corrected chi connectivity index (χ0v) is 21.4. The lowest BCUT2D eigenvalue weighted by molar-refractivity contribution is 0.475. The Morgan fingerprint density at radius 3 is 0.923 bits per heavy atom. The average Bonchev–Trinajstić information content (AvgIpc) is 3.01. The molecule has 0 saturated carbocycles. The van der Waals surface area contributed by atoms with Crippen LogP contribution in [0.5, 0.6) is 5.75 Å². The molecule has 0 atom stereocenters. The van der Waals surface area contributed by atoms with E-state index in [2.05, 4.69) is 127 Å². The van der Waals surface area contributed by atoms with Gasteiger partial charge in [0.1, 0.15) is 5.75 Å². The fourth-order valence-electron chi connectivity index (χ4n) is 5.69. The second-order valence-corrected chi connectivity index (χ2v) is 9.91. The van der Waals surface area contributed by atoms with Crippen LogP contribution in [0.15, 0.2) is 152 Å². The maximum Gasteiger partial charge on any atom is 0.115 e. The summed E-state index contributed by atoms with van der Waals surface area (Å²) < 4.78 is 0. The van der Waals surface area contributed by atoms with Crippen LogP contribution < -0.4 is 0 Å². The highest BCUT2D eigenvalue weighted by Crippen LogP contribution is 2.44. The molecule has 7 aromatic carbocycles. The van der Waals surface area contributed by atoms with E-state index < -0.39 is 0 Å². The van der Waals surface area contributed by atoms with Gasteiger partial charge in [-0.15, -0.1) is 0 Å². The highest BCUT2D eigenvalue weighted by Gasteiger charge is 2.16. The first kappa shape index (κ1) is 23.0.